The maximum absolute atomic E-state index is 11.9. The predicted octanol–water partition coefficient (Wildman–Crippen LogP) is 0.243. The summed E-state index contributed by atoms with van der Waals surface area (Å²) in [7, 11) is -0.564. The van der Waals surface area contributed by atoms with E-state index in [4.69, 9.17) is 5.11 Å². The van der Waals surface area contributed by atoms with E-state index in [9.17, 15) is 13.2 Å². The molecule has 0 bridgehead atoms. The summed E-state index contributed by atoms with van der Waals surface area (Å²) >= 11 is 0. The Balaban J connectivity index is 2.16. The van der Waals surface area contributed by atoms with Crippen molar-refractivity contribution in [2.24, 2.45) is 5.92 Å². The SMILES string of the molecule is CN(C)S(=O)(=O)c1ccc(N2CCC(C(=O)O)C2)nc1. The minimum absolute atomic E-state index is 0.125. The van der Waals surface area contributed by atoms with Crippen LogP contribution in [0.1, 0.15) is 6.42 Å². The lowest BCUT2D eigenvalue weighted by Crippen LogP contribution is -2.24. The molecule has 0 saturated carbocycles. The van der Waals surface area contributed by atoms with E-state index in [2.05, 4.69) is 4.98 Å². The zero-order valence-corrected chi connectivity index (χ0v) is 12.2. The Morgan fingerprint density at radius 2 is 2.15 bits per heavy atom. The summed E-state index contributed by atoms with van der Waals surface area (Å²) in [4.78, 5) is 17.0. The molecule has 0 aromatic carbocycles. The van der Waals surface area contributed by atoms with Gasteiger partial charge >= 0.3 is 5.97 Å². The van der Waals surface area contributed by atoms with Gasteiger partial charge in [-0.1, -0.05) is 0 Å². The van der Waals surface area contributed by atoms with Gasteiger partial charge in [-0.2, -0.15) is 0 Å². The van der Waals surface area contributed by atoms with Crippen molar-refractivity contribution in [2.75, 3.05) is 32.1 Å². The molecule has 8 heteroatoms. The average Bonchev–Trinajstić information content (AvgIpc) is 2.88. The van der Waals surface area contributed by atoms with Crippen molar-refractivity contribution < 1.29 is 18.3 Å². The number of carboxylic acid groups (broad SMARTS) is 1. The van der Waals surface area contributed by atoms with Crippen LogP contribution in [0, 0.1) is 5.92 Å². The summed E-state index contributed by atoms with van der Waals surface area (Å²) in [5.74, 6) is -0.590. The molecule has 1 N–H and O–H groups in total. The fourth-order valence-corrected chi connectivity index (χ4v) is 2.94. The van der Waals surface area contributed by atoms with Crippen LogP contribution in [0.4, 0.5) is 5.82 Å². The van der Waals surface area contributed by atoms with E-state index >= 15 is 0 Å². The molecule has 1 saturated heterocycles. The fraction of sp³-hybridized carbons (Fsp3) is 0.500. The number of sulfonamides is 1. The summed E-state index contributed by atoms with van der Waals surface area (Å²) in [6, 6.07) is 3.10. The highest BCUT2D eigenvalue weighted by Crippen LogP contribution is 2.23. The van der Waals surface area contributed by atoms with Gasteiger partial charge in [0.15, 0.2) is 0 Å². The Labute approximate surface area is 117 Å². The molecule has 1 unspecified atom stereocenters. The molecule has 20 heavy (non-hydrogen) atoms. The van der Waals surface area contributed by atoms with Gasteiger partial charge in [0.25, 0.3) is 0 Å². The third-order valence-electron chi connectivity index (χ3n) is 3.36. The van der Waals surface area contributed by atoms with Gasteiger partial charge in [0.2, 0.25) is 10.0 Å². The normalized spacial score (nSPS) is 19.6. The molecular weight excluding hydrogens is 282 g/mol. The predicted molar refractivity (Wildman–Crippen MR) is 73.1 cm³/mol. The van der Waals surface area contributed by atoms with Crippen molar-refractivity contribution in [1.29, 1.82) is 0 Å². The maximum Gasteiger partial charge on any atom is 0.308 e. The summed E-state index contributed by atoms with van der Waals surface area (Å²) in [5, 5.41) is 8.96. The first-order valence-corrected chi connectivity index (χ1v) is 7.62. The van der Waals surface area contributed by atoms with E-state index in [1.165, 1.54) is 26.4 Å². The highest BCUT2D eigenvalue weighted by molar-refractivity contribution is 7.89. The Bertz CT molecular complexity index is 598. The molecule has 1 aliphatic heterocycles. The van der Waals surface area contributed by atoms with Crippen molar-refractivity contribution >= 4 is 21.8 Å². The second kappa shape index (κ2) is 5.37. The van der Waals surface area contributed by atoms with Crippen molar-refractivity contribution in [3.63, 3.8) is 0 Å². The Morgan fingerprint density at radius 1 is 1.45 bits per heavy atom. The number of pyridine rings is 1. The van der Waals surface area contributed by atoms with E-state index in [-0.39, 0.29) is 10.8 Å². The van der Waals surface area contributed by atoms with Crippen LogP contribution in [0.3, 0.4) is 0 Å². The highest BCUT2D eigenvalue weighted by Gasteiger charge is 2.29. The van der Waals surface area contributed by atoms with Gasteiger partial charge in [-0.15, -0.1) is 0 Å². The Morgan fingerprint density at radius 3 is 2.60 bits per heavy atom. The smallest absolute Gasteiger partial charge is 0.308 e. The van der Waals surface area contributed by atoms with Crippen LogP contribution < -0.4 is 4.90 Å². The van der Waals surface area contributed by atoms with Crippen LogP contribution >= 0.6 is 0 Å². The monoisotopic (exact) mass is 299 g/mol. The molecule has 0 aliphatic carbocycles. The van der Waals surface area contributed by atoms with Crippen LogP contribution in [-0.4, -0.2) is 56.0 Å². The van der Waals surface area contributed by atoms with Crippen LogP contribution in [-0.2, 0) is 14.8 Å². The van der Waals surface area contributed by atoms with Gasteiger partial charge in [0.1, 0.15) is 10.7 Å². The second-order valence-electron chi connectivity index (χ2n) is 4.91. The third-order valence-corrected chi connectivity index (χ3v) is 5.16. The van der Waals surface area contributed by atoms with E-state index in [0.29, 0.717) is 25.3 Å². The first kappa shape index (κ1) is 14.7. The molecule has 1 fully saturated rings. The summed E-state index contributed by atoms with van der Waals surface area (Å²) < 4.78 is 24.9. The molecule has 0 spiro atoms. The second-order valence-corrected chi connectivity index (χ2v) is 7.06. The topological polar surface area (TPSA) is 90.8 Å². The largest absolute Gasteiger partial charge is 0.481 e. The molecule has 1 aliphatic rings. The molecule has 1 atom stereocenters. The number of aliphatic carboxylic acids is 1. The Kier molecular flexibility index (Phi) is 3.96. The van der Waals surface area contributed by atoms with Crippen LogP contribution in [0.2, 0.25) is 0 Å². The molecular formula is C12H17N3O4S. The highest BCUT2D eigenvalue weighted by atomic mass is 32.2. The molecule has 2 rings (SSSR count). The van der Waals surface area contributed by atoms with Crippen molar-refractivity contribution in [2.45, 2.75) is 11.3 Å². The van der Waals surface area contributed by atoms with E-state index in [1.54, 1.807) is 6.07 Å². The molecule has 2 heterocycles. The quantitative estimate of drug-likeness (QED) is 0.856. The number of hydrogen-bond acceptors (Lipinski definition) is 5. The first-order chi connectivity index (χ1) is 9.32. The van der Waals surface area contributed by atoms with E-state index < -0.39 is 16.0 Å². The van der Waals surface area contributed by atoms with Gasteiger partial charge in [0, 0.05) is 33.4 Å². The van der Waals surface area contributed by atoms with Gasteiger partial charge in [-0.3, -0.25) is 4.79 Å². The van der Waals surface area contributed by atoms with Gasteiger partial charge in [0.05, 0.1) is 5.92 Å². The number of aromatic nitrogens is 1. The average molecular weight is 299 g/mol. The number of hydrogen-bond donors (Lipinski definition) is 1. The van der Waals surface area contributed by atoms with Crippen molar-refractivity contribution in [3.05, 3.63) is 18.3 Å². The molecule has 110 valence electrons. The van der Waals surface area contributed by atoms with Gasteiger partial charge in [-0.25, -0.2) is 17.7 Å². The van der Waals surface area contributed by atoms with Gasteiger partial charge in [-0.05, 0) is 18.6 Å². The van der Waals surface area contributed by atoms with Crippen LogP contribution in [0.15, 0.2) is 23.2 Å². The van der Waals surface area contributed by atoms with E-state index in [0.717, 1.165) is 4.31 Å². The number of carbonyl (C=O) groups is 1. The lowest BCUT2D eigenvalue weighted by molar-refractivity contribution is -0.140. The van der Waals surface area contributed by atoms with E-state index in [1.807, 2.05) is 4.90 Å². The molecule has 0 radical (unpaired) electrons. The third kappa shape index (κ3) is 2.75. The molecule has 7 nitrogen and oxygen atoms in total. The van der Waals surface area contributed by atoms with Crippen LogP contribution in [0.25, 0.3) is 0 Å². The number of nitrogens with zero attached hydrogens (tertiary/aromatic N) is 3. The Hall–Kier alpha value is -1.67. The zero-order valence-electron chi connectivity index (χ0n) is 11.4. The zero-order chi connectivity index (χ0) is 14.9. The number of anilines is 1. The first-order valence-electron chi connectivity index (χ1n) is 6.18. The summed E-state index contributed by atoms with van der Waals surface area (Å²) in [6.45, 7) is 1.02. The molecule has 1 aromatic heterocycles. The molecule has 0 amide bonds. The van der Waals surface area contributed by atoms with Gasteiger partial charge < -0.3 is 10.0 Å². The lowest BCUT2D eigenvalue weighted by Gasteiger charge is -2.17. The fourth-order valence-electron chi connectivity index (χ4n) is 2.09. The summed E-state index contributed by atoms with van der Waals surface area (Å²) in [5.41, 5.74) is 0. The number of rotatable bonds is 4. The minimum Gasteiger partial charge on any atom is -0.481 e. The molecule has 1 aromatic rings. The summed E-state index contributed by atoms with van der Waals surface area (Å²) in [6.07, 6.45) is 1.88. The minimum atomic E-state index is -3.48. The van der Waals surface area contributed by atoms with Crippen molar-refractivity contribution in [1.82, 2.24) is 9.29 Å². The maximum atomic E-state index is 11.9. The van der Waals surface area contributed by atoms with Crippen molar-refractivity contribution in [3.8, 4) is 0 Å². The van der Waals surface area contributed by atoms with Crippen LogP contribution in [0.5, 0.6) is 0 Å². The standard InChI is InChI=1S/C12H17N3O4S/c1-14(2)20(18,19)10-3-4-11(13-7-10)15-6-5-9(8-15)12(16)17/h3-4,7,9H,5-6,8H2,1-2H3,(H,16,17). The number of carboxylic acids is 1. The lowest BCUT2D eigenvalue weighted by atomic mass is 10.1.